The zero-order valence-electron chi connectivity index (χ0n) is 11.5. The first kappa shape index (κ1) is 14.3. The summed E-state index contributed by atoms with van der Waals surface area (Å²) < 4.78 is 0. The van der Waals surface area contributed by atoms with Crippen LogP contribution in [0.25, 0.3) is 0 Å². The van der Waals surface area contributed by atoms with Crippen LogP contribution in [-0.4, -0.2) is 23.5 Å². The Bertz CT molecular complexity index is 766. The third-order valence-corrected chi connectivity index (χ3v) is 3.59. The molecule has 5 nitrogen and oxygen atoms in total. The molecule has 0 saturated heterocycles. The number of halogens is 1. The largest absolute Gasteiger partial charge is 0.386 e. The number of rotatable bonds is 3. The maximum absolute atomic E-state index is 12.5. The third-order valence-electron chi connectivity index (χ3n) is 3.32. The monoisotopic (exact) mass is 313 g/mol. The molecule has 0 aromatic heterocycles. The normalized spacial score (nSPS) is 14.4. The van der Waals surface area contributed by atoms with Gasteiger partial charge in [0.25, 0.3) is 11.8 Å². The summed E-state index contributed by atoms with van der Waals surface area (Å²) in [5.74, 6) is -0.456. The minimum atomic E-state index is -0.368. The van der Waals surface area contributed by atoms with E-state index in [9.17, 15) is 9.59 Å². The molecule has 0 atom stereocenters. The van der Waals surface area contributed by atoms with Gasteiger partial charge in [0.15, 0.2) is 0 Å². The molecular formula is C16H12ClN3O2. The van der Waals surface area contributed by atoms with Crippen molar-refractivity contribution >= 4 is 40.6 Å². The van der Waals surface area contributed by atoms with Crippen molar-refractivity contribution in [2.75, 3.05) is 10.8 Å². The van der Waals surface area contributed by atoms with Gasteiger partial charge in [-0.2, -0.15) is 0 Å². The van der Waals surface area contributed by atoms with Gasteiger partial charge in [0, 0.05) is 0 Å². The van der Waals surface area contributed by atoms with Gasteiger partial charge in [0.1, 0.15) is 5.84 Å². The van der Waals surface area contributed by atoms with E-state index < -0.39 is 0 Å². The lowest BCUT2D eigenvalue weighted by atomic mass is 10.1. The number of fused-ring (bicyclic) bond motifs is 1. The highest BCUT2D eigenvalue weighted by molar-refractivity contribution is 6.35. The smallest absolute Gasteiger partial charge is 0.266 e. The quantitative estimate of drug-likeness (QED) is 0.410. The fourth-order valence-corrected chi connectivity index (χ4v) is 2.40. The van der Waals surface area contributed by atoms with Crippen LogP contribution < -0.4 is 10.6 Å². The molecule has 6 heteroatoms. The number of nitrogens with two attached hydrogens (primary N) is 1. The standard InChI is InChI=1S/C16H12ClN3O2/c17-9-14(18)19-12-7-3-4-8-13(12)20-15(21)10-5-1-2-6-11(10)16(20)22/h1-8H,9H2,(H2,18,19). The first-order chi connectivity index (χ1) is 10.6. The molecule has 110 valence electrons. The highest BCUT2D eigenvalue weighted by Crippen LogP contribution is 2.34. The molecule has 0 spiro atoms. The lowest BCUT2D eigenvalue weighted by Gasteiger charge is -2.16. The van der Waals surface area contributed by atoms with Crippen LogP contribution in [0.1, 0.15) is 20.7 Å². The van der Waals surface area contributed by atoms with Crippen LogP contribution in [0.2, 0.25) is 0 Å². The van der Waals surface area contributed by atoms with Crippen molar-refractivity contribution < 1.29 is 9.59 Å². The van der Waals surface area contributed by atoms with E-state index in [0.717, 1.165) is 4.90 Å². The van der Waals surface area contributed by atoms with E-state index in [1.54, 1.807) is 48.5 Å². The molecule has 2 aromatic rings. The van der Waals surface area contributed by atoms with E-state index in [1.807, 2.05) is 0 Å². The second kappa shape index (κ2) is 5.61. The molecule has 0 bridgehead atoms. The zero-order valence-corrected chi connectivity index (χ0v) is 12.2. The maximum atomic E-state index is 12.5. The Balaban J connectivity index is 2.11. The topological polar surface area (TPSA) is 75.8 Å². The van der Waals surface area contributed by atoms with Gasteiger partial charge in [-0.1, -0.05) is 24.3 Å². The zero-order chi connectivity index (χ0) is 15.7. The van der Waals surface area contributed by atoms with Crippen LogP contribution in [0.4, 0.5) is 11.4 Å². The Morgan fingerprint density at radius 2 is 1.55 bits per heavy atom. The predicted octanol–water partition coefficient (Wildman–Crippen LogP) is 2.71. The van der Waals surface area contributed by atoms with E-state index in [4.69, 9.17) is 17.3 Å². The van der Waals surface area contributed by atoms with Gasteiger partial charge < -0.3 is 5.73 Å². The van der Waals surface area contributed by atoms with Crippen LogP contribution in [0, 0.1) is 0 Å². The van der Waals surface area contributed by atoms with Crippen molar-refractivity contribution in [3.63, 3.8) is 0 Å². The van der Waals surface area contributed by atoms with Crippen molar-refractivity contribution in [1.29, 1.82) is 0 Å². The van der Waals surface area contributed by atoms with E-state index >= 15 is 0 Å². The molecule has 2 aromatic carbocycles. The first-order valence-electron chi connectivity index (χ1n) is 6.59. The fraction of sp³-hybridized carbons (Fsp3) is 0.0625. The van der Waals surface area contributed by atoms with Crippen molar-refractivity contribution in [2.24, 2.45) is 10.7 Å². The fourth-order valence-electron chi connectivity index (χ4n) is 2.34. The number of alkyl halides is 1. The summed E-state index contributed by atoms with van der Waals surface area (Å²) >= 11 is 5.64. The van der Waals surface area contributed by atoms with Gasteiger partial charge in [0.05, 0.1) is 28.4 Å². The Labute approximate surface area is 132 Å². The number of amidine groups is 1. The van der Waals surface area contributed by atoms with Crippen LogP contribution in [0.5, 0.6) is 0 Å². The van der Waals surface area contributed by atoms with Crippen molar-refractivity contribution in [1.82, 2.24) is 0 Å². The van der Waals surface area contributed by atoms with Gasteiger partial charge >= 0.3 is 0 Å². The molecule has 0 radical (unpaired) electrons. The van der Waals surface area contributed by atoms with E-state index in [1.165, 1.54) is 0 Å². The molecule has 22 heavy (non-hydrogen) atoms. The number of carbonyl (C=O) groups excluding carboxylic acids is 2. The second-order valence-electron chi connectivity index (χ2n) is 4.72. The Hall–Kier alpha value is -2.66. The summed E-state index contributed by atoms with van der Waals surface area (Å²) in [4.78, 5) is 30.3. The number of carbonyl (C=O) groups is 2. The number of anilines is 1. The minimum Gasteiger partial charge on any atom is -0.386 e. The van der Waals surface area contributed by atoms with Gasteiger partial charge in [-0.15, -0.1) is 11.6 Å². The molecule has 2 amide bonds. The van der Waals surface area contributed by atoms with Gasteiger partial charge in [-0.05, 0) is 24.3 Å². The molecule has 0 saturated carbocycles. The predicted molar refractivity (Wildman–Crippen MR) is 86.0 cm³/mol. The number of benzene rings is 2. The third kappa shape index (κ3) is 2.25. The molecule has 1 aliphatic rings. The summed E-state index contributed by atoms with van der Waals surface area (Å²) in [6, 6.07) is 13.5. The summed E-state index contributed by atoms with van der Waals surface area (Å²) in [5, 5.41) is 0. The summed E-state index contributed by atoms with van der Waals surface area (Å²) in [6.07, 6.45) is 0. The minimum absolute atomic E-state index is 0.0659. The number of para-hydroxylation sites is 2. The molecule has 0 fully saturated rings. The van der Waals surface area contributed by atoms with Gasteiger partial charge in [-0.25, -0.2) is 9.89 Å². The lowest BCUT2D eigenvalue weighted by molar-refractivity contribution is 0.0926. The average Bonchev–Trinajstić information content (AvgIpc) is 2.80. The van der Waals surface area contributed by atoms with E-state index in [2.05, 4.69) is 4.99 Å². The number of aliphatic imine (C=N–C) groups is 1. The molecule has 0 unspecified atom stereocenters. The van der Waals surface area contributed by atoms with E-state index in [-0.39, 0.29) is 23.5 Å². The van der Waals surface area contributed by atoms with Crippen LogP contribution in [-0.2, 0) is 0 Å². The Morgan fingerprint density at radius 1 is 1.00 bits per heavy atom. The molecule has 1 heterocycles. The number of imide groups is 1. The van der Waals surface area contributed by atoms with Crippen molar-refractivity contribution in [3.05, 3.63) is 59.7 Å². The molecule has 3 rings (SSSR count). The molecular weight excluding hydrogens is 302 g/mol. The van der Waals surface area contributed by atoms with Gasteiger partial charge in [0.2, 0.25) is 0 Å². The number of hydrogen-bond acceptors (Lipinski definition) is 3. The Kier molecular flexibility index (Phi) is 3.65. The van der Waals surface area contributed by atoms with Crippen LogP contribution >= 0.6 is 11.6 Å². The molecule has 1 aliphatic heterocycles. The number of nitrogens with zero attached hydrogens (tertiary/aromatic N) is 2. The summed E-state index contributed by atoms with van der Waals surface area (Å²) in [7, 11) is 0. The number of hydrogen-bond donors (Lipinski definition) is 1. The van der Waals surface area contributed by atoms with Crippen LogP contribution in [0.15, 0.2) is 53.5 Å². The lowest BCUT2D eigenvalue weighted by Crippen LogP contribution is -2.29. The highest BCUT2D eigenvalue weighted by Gasteiger charge is 2.37. The maximum Gasteiger partial charge on any atom is 0.266 e. The average molecular weight is 314 g/mol. The molecule has 0 aliphatic carbocycles. The van der Waals surface area contributed by atoms with Gasteiger partial charge in [-0.3, -0.25) is 9.59 Å². The second-order valence-corrected chi connectivity index (χ2v) is 4.98. The van der Waals surface area contributed by atoms with E-state index in [0.29, 0.717) is 22.5 Å². The number of amides is 2. The summed E-state index contributed by atoms with van der Waals surface area (Å²) in [5.41, 5.74) is 7.24. The highest BCUT2D eigenvalue weighted by atomic mass is 35.5. The first-order valence-corrected chi connectivity index (χ1v) is 7.12. The van der Waals surface area contributed by atoms with Crippen LogP contribution in [0.3, 0.4) is 0 Å². The Morgan fingerprint density at radius 3 is 2.14 bits per heavy atom. The summed E-state index contributed by atoms with van der Waals surface area (Å²) in [6.45, 7) is 0. The SMILES string of the molecule is NC(CCl)=Nc1ccccc1N1C(=O)c2ccccc2C1=O. The van der Waals surface area contributed by atoms with Crippen molar-refractivity contribution in [2.45, 2.75) is 0 Å². The molecule has 2 N–H and O–H groups in total. The van der Waals surface area contributed by atoms with Crippen molar-refractivity contribution in [3.8, 4) is 0 Å².